The molecule has 0 unspecified atom stereocenters. The van der Waals surface area contributed by atoms with Crippen molar-refractivity contribution in [3.8, 4) is 11.8 Å². The molecule has 2 aromatic rings. The van der Waals surface area contributed by atoms with Gasteiger partial charge in [-0.25, -0.2) is 4.39 Å². The Morgan fingerprint density at radius 2 is 1.93 bits per heavy atom. The lowest BCUT2D eigenvalue weighted by Crippen LogP contribution is -2.40. The van der Waals surface area contributed by atoms with Crippen molar-refractivity contribution in [2.24, 2.45) is 5.73 Å². The third kappa shape index (κ3) is 3.70. The van der Waals surface area contributed by atoms with Crippen LogP contribution in [0.15, 0.2) is 46.6 Å². The number of benzene rings is 1. The first-order chi connectivity index (χ1) is 14.5. The molecule has 30 heavy (non-hydrogen) atoms. The van der Waals surface area contributed by atoms with E-state index < -0.39 is 11.7 Å². The molecule has 7 nitrogen and oxygen atoms in total. The quantitative estimate of drug-likeness (QED) is 0.827. The summed E-state index contributed by atoms with van der Waals surface area (Å²) in [6.45, 7) is 6.11. The Kier molecular flexibility index (Phi) is 5.57. The number of rotatable bonds is 4. The van der Waals surface area contributed by atoms with E-state index in [1.165, 1.54) is 12.1 Å². The van der Waals surface area contributed by atoms with Crippen LogP contribution in [0.5, 0.6) is 5.75 Å². The lowest BCUT2D eigenvalue weighted by Gasteiger charge is -2.29. The second-order valence-corrected chi connectivity index (χ2v) is 7.45. The number of fused-ring (bicyclic) bond motifs is 1. The van der Waals surface area contributed by atoms with E-state index in [1.54, 1.807) is 22.8 Å². The fourth-order valence-corrected chi connectivity index (χ4v) is 4.02. The third-order valence-electron chi connectivity index (χ3n) is 5.64. The van der Waals surface area contributed by atoms with Crippen molar-refractivity contribution >= 4 is 0 Å². The van der Waals surface area contributed by atoms with Gasteiger partial charge in [0.05, 0.1) is 24.7 Å². The van der Waals surface area contributed by atoms with Gasteiger partial charge in [-0.15, -0.1) is 0 Å². The van der Waals surface area contributed by atoms with Crippen molar-refractivity contribution in [3.63, 3.8) is 0 Å². The SMILES string of the molecule is Cc1cc2c(c(=O)n1CCN1CCOCC1)[C@@H](c1ccc(F)cc1)C(C#N)=C(N)O2. The van der Waals surface area contributed by atoms with E-state index in [0.29, 0.717) is 43.2 Å². The van der Waals surface area contributed by atoms with Crippen LogP contribution in [-0.4, -0.2) is 42.3 Å². The van der Waals surface area contributed by atoms with E-state index in [4.69, 9.17) is 15.2 Å². The maximum Gasteiger partial charge on any atom is 0.258 e. The van der Waals surface area contributed by atoms with Crippen molar-refractivity contribution in [1.29, 1.82) is 5.26 Å². The average Bonchev–Trinajstić information content (AvgIpc) is 2.74. The molecule has 1 atom stereocenters. The minimum absolute atomic E-state index is 0.0378. The van der Waals surface area contributed by atoms with Crippen LogP contribution in [0.3, 0.4) is 0 Å². The Morgan fingerprint density at radius 3 is 2.60 bits per heavy atom. The van der Waals surface area contributed by atoms with E-state index in [1.807, 2.05) is 6.92 Å². The van der Waals surface area contributed by atoms with Gasteiger partial charge in [0.15, 0.2) is 0 Å². The lowest BCUT2D eigenvalue weighted by atomic mass is 9.84. The Labute approximate surface area is 173 Å². The van der Waals surface area contributed by atoms with Crippen LogP contribution < -0.4 is 16.0 Å². The number of halogens is 1. The van der Waals surface area contributed by atoms with Gasteiger partial charge in [-0.05, 0) is 24.6 Å². The van der Waals surface area contributed by atoms with Crippen molar-refractivity contribution in [2.75, 3.05) is 32.8 Å². The molecule has 1 saturated heterocycles. The second-order valence-electron chi connectivity index (χ2n) is 7.45. The number of nitrogens with two attached hydrogens (primary N) is 1. The van der Waals surface area contributed by atoms with E-state index in [9.17, 15) is 14.4 Å². The summed E-state index contributed by atoms with van der Waals surface area (Å²) in [4.78, 5) is 15.8. The predicted octanol–water partition coefficient (Wildman–Crippen LogP) is 1.85. The van der Waals surface area contributed by atoms with Gasteiger partial charge < -0.3 is 19.8 Å². The van der Waals surface area contributed by atoms with Crippen molar-refractivity contribution in [1.82, 2.24) is 9.47 Å². The number of aryl methyl sites for hydroxylation is 1. The Balaban J connectivity index is 1.77. The van der Waals surface area contributed by atoms with Gasteiger partial charge in [-0.3, -0.25) is 9.69 Å². The second kappa shape index (κ2) is 8.30. The van der Waals surface area contributed by atoms with Gasteiger partial charge in [0.25, 0.3) is 5.56 Å². The monoisotopic (exact) mass is 410 g/mol. The minimum atomic E-state index is -0.706. The minimum Gasteiger partial charge on any atom is -0.440 e. The number of aromatic nitrogens is 1. The zero-order chi connectivity index (χ0) is 21.3. The normalized spacial score (nSPS) is 19.2. The van der Waals surface area contributed by atoms with Gasteiger partial charge in [-0.2, -0.15) is 5.26 Å². The Bertz CT molecular complexity index is 1080. The third-order valence-corrected chi connectivity index (χ3v) is 5.64. The molecule has 1 fully saturated rings. The standard InChI is InChI=1S/C22H23FN4O3/c1-14-12-18-20(22(28)27(14)7-6-26-8-10-29-11-9-26)19(17(13-24)21(25)30-18)15-2-4-16(23)5-3-15/h2-5,12,19H,6-11,25H2,1H3/t19-/m0/s1. The summed E-state index contributed by atoms with van der Waals surface area (Å²) in [6, 6.07) is 9.59. The molecule has 156 valence electrons. The van der Waals surface area contributed by atoms with Crippen LogP contribution in [0.4, 0.5) is 4.39 Å². The van der Waals surface area contributed by atoms with Crippen LogP contribution in [0.2, 0.25) is 0 Å². The molecule has 2 aliphatic rings. The number of hydrogen-bond acceptors (Lipinski definition) is 6. The first kappa shape index (κ1) is 20.1. The maximum atomic E-state index is 13.5. The molecule has 0 amide bonds. The molecule has 1 aromatic heterocycles. The van der Waals surface area contributed by atoms with E-state index in [-0.39, 0.29) is 17.0 Å². The first-order valence-corrected chi connectivity index (χ1v) is 9.87. The van der Waals surface area contributed by atoms with Gasteiger partial charge in [0.2, 0.25) is 5.88 Å². The molecule has 1 aromatic carbocycles. The maximum absolute atomic E-state index is 13.5. The summed E-state index contributed by atoms with van der Waals surface area (Å²) in [5.74, 6) is -0.800. The van der Waals surface area contributed by atoms with Crippen molar-refractivity contribution < 1.29 is 13.9 Å². The highest BCUT2D eigenvalue weighted by Crippen LogP contribution is 2.40. The highest BCUT2D eigenvalue weighted by molar-refractivity contribution is 5.55. The van der Waals surface area contributed by atoms with Crippen LogP contribution >= 0.6 is 0 Å². The number of nitriles is 1. The number of allylic oxidation sites excluding steroid dienone is 1. The summed E-state index contributed by atoms with van der Waals surface area (Å²) in [6.07, 6.45) is 0. The topological polar surface area (TPSA) is 93.5 Å². The summed E-state index contributed by atoms with van der Waals surface area (Å²) in [7, 11) is 0. The van der Waals surface area contributed by atoms with Crippen molar-refractivity contribution in [3.05, 3.63) is 74.8 Å². The highest BCUT2D eigenvalue weighted by Gasteiger charge is 2.34. The Hall–Kier alpha value is -3.15. The Morgan fingerprint density at radius 1 is 1.23 bits per heavy atom. The fraction of sp³-hybridized carbons (Fsp3) is 0.364. The van der Waals surface area contributed by atoms with Crippen LogP contribution in [0, 0.1) is 24.1 Å². The average molecular weight is 410 g/mol. The van der Waals surface area contributed by atoms with Crippen LogP contribution in [0.25, 0.3) is 0 Å². The smallest absolute Gasteiger partial charge is 0.258 e. The first-order valence-electron chi connectivity index (χ1n) is 9.87. The van der Waals surface area contributed by atoms with E-state index in [2.05, 4.69) is 11.0 Å². The fourth-order valence-electron chi connectivity index (χ4n) is 4.02. The van der Waals surface area contributed by atoms with E-state index in [0.717, 1.165) is 18.8 Å². The zero-order valence-corrected chi connectivity index (χ0v) is 16.7. The summed E-state index contributed by atoms with van der Waals surface area (Å²) < 4.78 is 26.2. The largest absolute Gasteiger partial charge is 0.440 e. The number of nitrogens with zero attached hydrogens (tertiary/aromatic N) is 3. The molecule has 0 bridgehead atoms. The lowest BCUT2D eigenvalue weighted by molar-refractivity contribution is 0.0362. The molecule has 4 rings (SSSR count). The van der Waals surface area contributed by atoms with E-state index >= 15 is 0 Å². The highest BCUT2D eigenvalue weighted by atomic mass is 19.1. The molecule has 8 heteroatoms. The number of pyridine rings is 1. The molecular weight excluding hydrogens is 387 g/mol. The summed E-state index contributed by atoms with van der Waals surface area (Å²) in [5.41, 5.74) is 7.62. The number of morpholine rings is 1. The number of hydrogen-bond donors (Lipinski definition) is 1. The van der Waals surface area contributed by atoms with Gasteiger partial charge in [0.1, 0.15) is 23.2 Å². The molecule has 3 heterocycles. The van der Waals surface area contributed by atoms with Crippen LogP contribution in [-0.2, 0) is 11.3 Å². The van der Waals surface area contributed by atoms with Crippen molar-refractivity contribution in [2.45, 2.75) is 19.4 Å². The van der Waals surface area contributed by atoms with Gasteiger partial charge in [0, 0.05) is 37.9 Å². The predicted molar refractivity (Wildman–Crippen MR) is 108 cm³/mol. The number of ether oxygens (including phenoxy) is 2. The molecular formula is C22H23FN4O3. The molecule has 2 aliphatic heterocycles. The molecule has 2 N–H and O–H groups in total. The summed E-state index contributed by atoms with van der Waals surface area (Å²) >= 11 is 0. The summed E-state index contributed by atoms with van der Waals surface area (Å²) in [5, 5.41) is 9.69. The van der Waals surface area contributed by atoms with Crippen LogP contribution in [0.1, 0.15) is 22.7 Å². The molecule has 0 radical (unpaired) electrons. The zero-order valence-electron chi connectivity index (χ0n) is 16.7. The molecule has 0 saturated carbocycles. The molecule has 0 spiro atoms. The van der Waals surface area contributed by atoms with Gasteiger partial charge >= 0.3 is 0 Å². The molecule has 0 aliphatic carbocycles. The van der Waals surface area contributed by atoms with Gasteiger partial charge in [-0.1, -0.05) is 12.1 Å².